The lowest BCUT2D eigenvalue weighted by Gasteiger charge is -2.38. The Morgan fingerprint density at radius 1 is 1.03 bits per heavy atom. The van der Waals surface area contributed by atoms with Crippen molar-refractivity contribution in [2.75, 3.05) is 7.11 Å². The first-order chi connectivity index (χ1) is 17.3. The highest BCUT2D eigenvalue weighted by atomic mass is 16.5. The third-order valence-electron chi connectivity index (χ3n) is 8.03. The van der Waals surface area contributed by atoms with Crippen LogP contribution in [0.15, 0.2) is 73.9 Å². The molecule has 4 rings (SSSR count). The monoisotopic (exact) mass is 506 g/mol. The van der Waals surface area contributed by atoms with E-state index in [1.165, 1.54) is 20.0 Å². The normalized spacial score (nSPS) is 22.4. The molecule has 0 saturated heterocycles. The van der Waals surface area contributed by atoms with Crippen molar-refractivity contribution in [3.8, 4) is 0 Å². The first-order valence-electron chi connectivity index (χ1n) is 12.3. The van der Waals surface area contributed by atoms with Gasteiger partial charge in [0.15, 0.2) is 0 Å². The van der Waals surface area contributed by atoms with Gasteiger partial charge in [-0.1, -0.05) is 83.0 Å². The molecule has 2 aromatic carbocycles. The molecule has 2 aliphatic rings. The molecule has 2 aromatic rings. The Bertz CT molecular complexity index is 1200. The van der Waals surface area contributed by atoms with Gasteiger partial charge < -0.3 is 14.6 Å². The standard InChI is InChI=1S/C14H22O2.C14H12O2.C3H4O2/c1-9(2)12(15)16-11-8-10-6-7-14(11,5)13(10,3)4;1-10(14(15)16-2)12-9-5-7-11-6-3-4-8-13(11)12;1-2-3(4)5/h10-11H,1,6-8H2,2-5H3;3-9H,1H2,2H3;2H,1H2,(H,4,5)/t10-,11?,14-;;/m1../s1. The van der Waals surface area contributed by atoms with Crippen LogP contribution < -0.4 is 0 Å². The molecule has 0 radical (unpaired) electrons. The fourth-order valence-corrected chi connectivity index (χ4v) is 5.26. The average molecular weight is 507 g/mol. The second-order valence-electron chi connectivity index (χ2n) is 10.3. The number of benzene rings is 2. The molecule has 198 valence electrons. The number of rotatable bonds is 5. The number of carboxylic acid groups (broad SMARTS) is 1. The maximum Gasteiger partial charge on any atom is 0.337 e. The summed E-state index contributed by atoms with van der Waals surface area (Å²) in [6, 6.07) is 13.7. The number of esters is 2. The number of carbonyl (C=O) groups excluding carboxylic acids is 2. The van der Waals surface area contributed by atoms with Crippen molar-refractivity contribution in [1.29, 1.82) is 0 Å². The van der Waals surface area contributed by atoms with Crippen LogP contribution in [0, 0.1) is 16.7 Å². The lowest BCUT2D eigenvalue weighted by Crippen LogP contribution is -2.38. The van der Waals surface area contributed by atoms with Crippen molar-refractivity contribution >= 4 is 34.3 Å². The van der Waals surface area contributed by atoms with Gasteiger partial charge in [0.1, 0.15) is 6.10 Å². The van der Waals surface area contributed by atoms with E-state index in [9.17, 15) is 14.4 Å². The van der Waals surface area contributed by atoms with Crippen LogP contribution in [0.5, 0.6) is 0 Å². The van der Waals surface area contributed by atoms with Gasteiger partial charge in [0.25, 0.3) is 0 Å². The minimum atomic E-state index is -0.981. The summed E-state index contributed by atoms with van der Waals surface area (Å²) in [4.78, 5) is 32.3. The molecule has 1 N–H and O–H groups in total. The van der Waals surface area contributed by atoms with Crippen LogP contribution in [0.4, 0.5) is 0 Å². The maximum absolute atomic E-state index is 11.6. The van der Waals surface area contributed by atoms with Crippen molar-refractivity contribution < 1.29 is 29.0 Å². The number of fused-ring (bicyclic) bond motifs is 3. The minimum absolute atomic E-state index is 0.0884. The number of carbonyl (C=O) groups is 3. The molecule has 0 amide bonds. The second kappa shape index (κ2) is 12.0. The van der Waals surface area contributed by atoms with E-state index < -0.39 is 11.9 Å². The molecule has 2 aliphatic carbocycles. The van der Waals surface area contributed by atoms with Crippen molar-refractivity contribution in [3.05, 3.63) is 79.4 Å². The summed E-state index contributed by atoms with van der Waals surface area (Å²) in [6.45, 7) is 19.0. The molecule has 0 heterocycles. The van der Waals surface area contributed by atoms with Gasteiger partial charge in [0.05, 0.1) is 12.7 Å². The van der Waals surface area contributed by atoms with Gasteiger partial charge in [0.2, 0.25) is 0 Å². The zero-order chi connectivity index (χ0) is 28.0. The van der Waals surface area contributed by atoms with Crippen molar-refractivity contribution in [2.45, 2.75) is 53.1 Å². The van der Waals surface area contributed by atoms with E-state index in [-0.39, 0.29) is 17.5 Å². The zero-order valence-electron chi connectivity index (χ0n) is 22.5. The largest absolute Gasteiger partial charge is 0.478 e. The van der Waals surface area contributed by atoms with E-state index >= 15 is 0 Å². The summed E-state index contributed by atoms with van der Waals surface area (Å²) in [5, 5.41) is 9.71. The van der Waals surface area contributed by atoms with E-state index in [1.54, 1.807) is 6.92 Å². The Morgan fingerprint density at radius 3 is 2.11 bits per heavy atom. The molecular formula is C31H38O6. The zero-order valence-corrected chi connectivity index (χ0v) is 22.5. The fourth-order valence-electron chi connectivity index (χ4n) is 5.26. The lowest BCUT2D eigenvalue weighted by atomic mass is 9.70. The molecule has 2 bridgehead atoms. The molecule has 0 aliphatic heterocycles. The van der Waals surface area contributed by atoms with Gasteiger partial charge in [-0.25, -0.2) is 14.4 Å². The highest BCUT2D eigenvalue weighted by molar-refractivity contribution is 6.19. The maximum atomic E-state index is 11.6. The molecule has 37 heavy (non-hydrogen) atoms. The Hall–Kier alpha value is -3.67. The Kier molecular flexibility index (Phi) is 9.62. The van der Waals surface area contributed by atoms with Gasteiger partial charge >= 0.3 is 17.9 Å². The fraction of sp³-hybridized carbons (Fsp3) is 0.387. The second-order valence-corrected chi connectivity index (χ2v) is 10.3. The number of hydrogen-bond acceptors (Lipinski definition) is 5. The molecular weight excluding hydrogens is 468 g/mol. The van der Waals surface area contributed by atoms with Crippen LogP contribution in [0.3, 0.4) is 0 Å². The Balaban J connectivity index is 0.000000221. The van der Waals surface area contributed by atoms with Crippen molar-refractivity contribution in [3.63, 3.8) is 0 Å². The van der Waals surface area contributed by atoms with Crippen LogP contribution in [-0.2, 0) is 23.9 Å². The third kappa shape index (κ3) is 6.37. The van der Waals surface area contributed by atoms with E-state index in [2.05, 4.69) is 45.2 Å². The van der Waals surface area contributed by atoms with E-state index in [0.717, 1.165) is 28.8 Å². The van der Waals surface area contributed by atoms with Gasteiger partial charge in [-0.2, -0.15) is 0 Å². The Labute approximate surface area is 219 Å². The SMILES string of the molecule is C=C(C(=O)OC)c1cccc2ccccc12.C=C(C)C(=O)OC1C[C@H]2CC[C@@]1(C)C2(C)C.C=CC(=O)O. The minimum Gasteiger partial charge on any atom is -0.478 e. The molecule has 3 atom stereocenters. The van der Waals surface area contributed by atoms with E-state index in [4.69, 9.17) is 9.84 Å². The van der Waals surface area contributed by atoms with E-state index in [0.29, 0.717) is 22.5 Å². The summed E-state index contributed by atoms with van der Waals surface area (Å²) in [5.74, 6) is -0.892. The van der Waals surface area contributed by atoms with Crippen LogP contribution in [0.25, 0.3) is 16.3 Å². The first kappa shape index (κ1) is 29.6. The first-order valence-corrected chi connectivity index (χ1v) is 12.3. The highest BCUT2D eigenvalue weighted by Crippen LogP contribution is 2.66. The molecule has 0 aromatic heterocycles. The Morgan fingerprint density at radius 2 is 1.62 bits per heavy atom. The average Bonchev–Trinajstić information content (AvgIpc) is 3.21. The quantitative estimate of drug-likeness (QED) is 0.363. The number of carboxylic acids is 1. The summed E-state index contributed by atoms with van der Waals surface area (Å²) in [6.07, 6.45) is 4.41. The van der Waals surface area contributed by atoms with Crippen LogP contribution in [-0.4, -0.2) is 36.2 Å². The number of methoxy groups -OCH3 is 1. The number of hydrogen-bond donors (Lipinski definition) is 1. The third-order valence-corrected chi connectivity index (χ3v) is 8.03. The summed E-state index contributed by atoms with van der Waals surface area (Å²) < 4.78 is 10.3. The highest BCUT2D eigenvalue weighted by Gasteiger charge is 2.62. The molecule has 6 nitrogen and oxygen atoms in total. The predicted molar refractivity (Wildman–Crippen MR) is 147 cm³/mol. The van der Waals surface area contributed by atoms with Gasteiger partial charge in [-0.15, -0.1) is 0 Å². The molecule has 2 fully saturated rings. The topological polar surface area (TPSA) is 89.9 Å². The molecule has 0 spiro atoms. The summed E-state index contributed by atoms with van der Waals surface area (Å²) >= 11 is 0. The predicted octanol–water partition coefficient (Wildman–Crippen LogP) is 6.60. The number of aliphatic carboxylic acids is 1. The molecule has 6 heteroatoms. The van der Waals surface area contributed by atoms with Crippen LogP contribution in [0.2, 0.25) is 0 Å². The van der Waals surface area contributed by atoms with Gasteiger partial charge in [-0.05, 0) is 53.9 Å². The smallest absolute Gasteiger partial charge is 0.337 e. The number of ether oxygens (including phenoxy) is 2. The summed E-state index contributed by atoms with van der Waals surface area (Å²) in [7, 11) is 1.36. The van der Waals surface area contributed by atoms with Crippen molar-refractivity contribution in [1.82, 2.24) is 0 Å². The molecule has 2 saturated carbocycles. The molecule has 1 unspecified atom stereocenters. The van der Waals surface area contributed by atoms with Gasteiger partial charge in [-0.3, -0.25) is 0 Å². The van der Waals surface area contributed by atoms with Crippen LogP contribution >= 0.6 is 0 Å². The van der Waals surface area contributed by atoms with Crippen molar-refractivity contribution in [2.24, 2.45) is 16.7 Å². The van der Waals surface area contributed by atoms with Gasteiger partial charge in [0, 0.05) is 17.1 Å². The van der Waals surface area contributed by atoms with Crippen LogP contribution in [0.1, 0.15) is 52.5 Å². The van der Waals surface area contributed by atoms with E-state index in [1.807, 2.05) is 42.5 Å². The summed E-state index contributed by atoms with van der Waals surface area (Å²) in [5.41, 5.74) is 2.17. The lowest BCUT2D eigenvalue weighted by molar-refractivity contribution is -0.152.